The van der Waals surface area contributed by atoms with Crippen LogP contribution in [0.3, 0.4) is 0 Å². The summed E-state index contributed by atoms with van der Waals surface area (Å²) in [5, 5.41) is 10.4. The summed E-state index contributed by atoms with van der Waals surface area (Å²) >= 11 is 0. The Balaban J connectivity index is 1.18. The maximum Gasteiger partial charge on any atom is 0.123 e. The van der Waals surface area contributed by atoms with E-state index in [0.717, 1.165) is 37.6 Å². The number of aliphatic hydroxyl groups is 1. The second kappa shape index (κ2) is 10.3. The van der Waals surface area contributed by atoms with E-state index in [0.29, 0.717) is 19.1 Å². The summed E-state index contributed by atoms with van der Waals surface area (Å²) in [6.07, 6.45) is 6.14. The molecule has 1 heterocycles. The highest BCUT2D eigenvalue weighted by Crippen LogP contribution is 2.33. The lowest BCUT2D eigenvalue weighted by Gasteiger charge is -2.36. The lowest BCUT2D eigenvalue weighted by Crippen LogP contribution is -2.49. The van der Waals surface area contributed by atoms with Crippen molar-refractivity contribution in [3.05, 3.63) is 59.9 Å². The van der Waals surface area contributed by atoms with E-state index in [-0.39, 0.29) is 5.82 Å². The van der Waals surface area contributed by atoms with Gasteiger partial charge < -0.3 is 14.7 Å². The largest absolute Gasteiger partial charge is 0.491 e. The molecular weight excluding hydrogens is 379 g/mol. The number of piperazine rings is 1. The van der Waals surface area contributed by atoms with Gasteiger partial charge in [-0.15, -0.1) is 0 Å². The minimum Gasteiger partial charge on any atom is -0.491 e. The number of rotatable bonds is 7. The Hall–Kier alpha value is -2.11. The van der Waals surface area contributed by atoms with Gasteiger partial charge in [-0.1, -0.05) is 31.4 Å². The van der Waals surface area contributed by atoms with E-state index in [1.165, 1.54) is 49.8 Å². The van der Waals surface area contributed by atoms with E-state index < -0.39 is 6.10 Å². The number of benzene rings is 2. The van der Waals surface area contributed by atoms with Gasteiger partial charge in [0.05, 0.1) is 0 Å². The maximum absolute atomic E-state index is 13.1. The van der Waals surface area contributed by atoms with Gasteiger partial charge >= 0.3 is 0 Å². The monoisotopic (exact) mass is 412 g/mol. The topological polar surface area (TPSA) is 35.9 Å². The predicted molar refractivity (Wildman–Crippen MR) is 119 cm³/mol. The molecular formula is C25H33FN2O2. The lowest BCUT2D eigenvalue weighted by atomic mass is 9.84. The Kier molecular flexibility index (Phi) is 7.24. The number of ether oxygens (including phenoxy) is 1. The van der Waals surface area contributed by atoms with Crippen molar-refractivity contribution in [2.45, 2.75) is 44.1 Å². The zero-order valence-electron chi connectivity index (χ0n) is 17.7. The zero-order valence-corrected chi connectivity index (χ0v) is 17.7. The molecule has 1 atom stereocenters. The van der Waals surface area contributed by atoms with Crippen LogP contribution in [-0.2, 0) is 0 Å². The van der Waals surface area contributed by atoms with Crippen LogP contribution in [0, 0.1) is 5.82 Å². The first-order chi connectivity index (χ1) is 14.7. The number of hydrogen-bond acceptors (Lipinski definition) is 4. The third-order valence-corrected chi connectivity index (χ3v) is 6.43. The van der Waals surface area contributed by atoms with Gasteiger partial charge in [0, 0.05) is 38.4 Å². The van der Waals surface area contributed by atoms with Gasteiger partial charge in [0.15, 0.2) is 0 Å². The number of nitrogens with zero attached hydrogens (tertiary/aromatic N) is 2. The average molecular weight is 413 g/mol. The fourth-order valence-corrected chi connectivity index (χ4v) is 4.66. The van der Waals surface area contributed by atoms with E-state index in [2.05, 4.69) is 21.9 Å². The quantitative estimate of drug-likeness (QED) is 0.730. The average Bonchev–Trinajstić information content (AvgIpc) is 2.80. The minimum atomic E-state index is -0.514. The molecule has 4 rings (SSSR count). The van der Waals surface area contributed by atoms with E-state index >= 15 is 0 Å². The van der Waals surface area contributed by atoms with Crippen molar-refractivity contribution in [1.29, 1.82) is 0 Å². The highest BCUT2D eigenvalue weighted by molar-refractivity contribution is 5.46. The molecule has 1 saturated heterocycles. The first-order valence-electron chi connectivity index (χ1n) is 11.3. The first-order valence-corrected chi connectivity index (χ1v) is 11.3. The molecule has 0 spiro atoms. The fraction of sp³-hybridized carbons (Fsp3) is 0.520. The molecule has 2 aromatic carbocycles. The Labute approximate surface area is 179 Å². The molecule has 1 aliphatic carbocycles. The van der Waals surface area contributed by atoms with Crippen molar-refractivity contribution in [2.75, 3.05) is 44.2 Å². The molecule has 0 aromatic heterocycles. The van der Waals surface area contributed by atoms with Gasteiger partial charge in [-0.3, -0.25) is 4.90 Å². The third kappa shape index (κ3) is 5.73. The molecule has 2 fully saturated rings. The Bertz CT molecular complexity index is 767. The van der Waals surface area contributed by atoms with Gasteiger partial charge in [-0.25, -0.2) is 4.39 Å². The van der Waals surface area contributed by atoms with Crippen LogP contribution in [0.15, 0.2) is 48.5 Å². The van der Waals surface area contributed by atoms with Gasteiger partial charge in [-0.2, -0.15) is 0 Å². The van der Waals surface area contributed by atoms with Crippen LogP contribution in [0.25, 0.3) is 0 Å². The highest BCUT2D eigenvalue weighted by Gasteiger charge is 2.20. The lowest BCUT2D eigenvalue weighted by molar-refractivity contribution is 0.0663. The summed E-state index contributed by atoms with van der Waals surface area (Å²) < 4.78 is 18.9. The third-order valence-electron chi connectivity index (χ3n) is 6.43. The summed E-state index contributed by atoms with van der Waals surface area (Å²) in [4.78, 5) is 4.52. The van der Waals surface area contributed by atoms with Gasteiger partial charge in [0.25, 0.3) is 0 Å². The van der Waals surface area contributed by atoms with Crippen LogP contribution in [0.5, 0.6) is 5.75 Å². The van der Waals surface area contributed by atoms with Crippen LogP contribution in [0.2, 0.25) is 0 Å². The predicted octanol–water partition coefficient (Wildman–Crippen LogP) is 4.44. The minimum absolute atomic E-state index is 0.205. The van der Waals surface area contributed by atoms with Crippen molar-refractivity contribution < 1.29 is 14.2 Å². The first kappa shape index (κ1) is 21.1. The molecule has 1 N–H and O–H groups in total. The normalized spacial score (nSPS) is 19.6. The van der Waals surface area contributed by atoms with Crippen LogP contribution < -0.4 is 9.64 Å². The molecule has 0 radical (unpaired) electrons. The van der Waals surface area contributed by atoms with E-state index in [1.54, 1.807) is 0 Å². The van der Waals surface area contributed by atoms with Crippen molar-refractivity contribution in [2.24, 2.45) is 0 Å². The van der Waals surface area contributed by atoms with E-state index in [1.807, 2.05) is 24.3 Å². The summed E-state index contributed by atoms with van der Waals surface area (Å²) in [7, 11) is 0. The summed E-state index contributed by atoms with van der Waals surface area (Å²) in [5.41, 5.74) is 2.47. The Morgan fingerprint density at radius 2 is 1.57 bits per heavy atom. The number of anilines is 1. The molecule has 1 aliphatic heterocycles. The van der Waals surface area contributed by atoms with Gasteiger partial charge in [0.1, 0.15) is 24.3 Å². The van der Waals surface area contributed by atoms with Crippen molar-refractivity contribution in [3.63, 3.8) is 0 Å². The Morgan fingerprint density at radius 3 is 2.23 bits per heavy atom. The molecule has 1 unspecified atom stereocenters. The van der Waals surface area contributed by atoms with Crippen LogP contribution in [0.1, 0.15) is 43.6 Å². The number of β-amino-alcohol motifs (C(OH)–C–C–N with tert-alkyl or cyclic N) is 1. The molecule has 1 saturated carbocycles. The molecule has 0 bridgehead atoms. The molecule has 2 aliphatic rings. The standard InChI is InChI=1S/C25H33FN2O2/c26-22-8-10-23(11-9-22)28-16-14-27(15-17-28)18-24(29)19-30-25-12-6-21(7-13-25)20-4-2-1-3-5-20/h6-13,20,24,29H,1-5,14-19H2. The van der Waals surface area contributed by atoms with Crippen molar-refractivity contribution in [1.82, 2.24) is 4.90 Å². The second-order valence-corrected chi connectivity index (χ2v) is 8.63. The molecule has 162 valence electrons. The van der Waals surface area contributed by atoms with Crippen LogP contribution in [-0.4, -0.2) is 55.4 Å². The Morgan fingerprint density at radius 1 is 0.900 bits per heavy atom. The van der Waals surface area contributed by atoms with Crippen molar-refractivity contribution in [3.8, 4) is 5.75 Å². The summed E-state index contributed by atoms with van der Waals surface area (Å²) in [5.74, 6) is 1.32. The smallest absolute Gasteiger partial charge is 0.123 e. The number of halogens is 1. The summed E-state index contributed by atoms with van der Waals surface area (Å²) in [6, 6.07) is 15.1. The molecule has 0 amide bonds. The van der Waals surface area contributed by atoms with E-state index in [4.69, 9.17) is 4.74 Å². The number of hydrogen-bond donors (Lipinski definition) is 1. The molecule has 2 aromatic rings. The van der Waals surface area contributed by atoms with Gasteiger partial charge in [0.2, 0.25) is 0 Å². The number of aliphatic hydroxyl groups excluding tert-OH is 1. The molecule has 30 heavy (non-hydrogen) atoms. The SMILES string of the molecule is OC(COc1ccc(C2CCCCC2)cc1)CN1CCN(c2ccc(F)cc2)CC1. The molecule has 4 nitrogen and oxygen atoms in total. The highest BCUT2D eigenvalue weighted by atomic mass is 19.1. The second-order valence-electron chi connectivity index (χ2n) is 8.63. The summed E-state index contributed by atoms with van der Waals surface area (Å²) in [6.45, 7) is 4.43. The maximum atomic E-state index is 13.1. The van der Waals surface area contributed by atoms with Crippen LogP contribution in [0.4, 0.5) is 10.1 Å². The zero-order chi connectivity index (χ0) is 20.8. The van der Waals surface area contributed by atoms with Crippen molar-refractivity contribution >= 4 is 5.69 Å². The fourth-order valence-electron chi connectivity index (χ4n) is 4.66. The van der Waals surface area contributed by atoms with E-state index in [9.17, 15) is 9.50 Å². The van der Waals surface area contributed by atoms with Crippen LogP contribution >= 0.6 is 0 Å². The van der Waals surface area contributed by atoms with Gasteiger partial charge in [-0.05, 0) is 60.7 Å². The molecule has 5 heteroatoms.